The quantitative estimate of drug-likeness (QED) is 0.589. The second-order valence-corrected chi connectivity index (χ2v) is 6.59. The van der Waals surface area contributed by atoms with Crippen LogP contribution < -0.4 is 14.8 Å². The zero-order chi connectivity index (χ0) is 21.0. The largest absolute Gasteiger partial charge is 0.508 e. The number of methoxy groups -OCH3 is 2. The molecule has 0 aromatic heterocycles. The first-order chi connectivity index (χ1) is 13.9. The first-order valence-electron chi connectivity index (χ1n) is 9.05. The van der Waals surface area contributed by atoms with E-state index in [-0.39, 0.29) is 24.0 Å². The minimum Gasteiger partial charge on any atom is -0.508 e. The zero-order valence-corrected chi connectivity index (χ0v) is 16.5. The monoisotopic (exact) mass is 393 g/mol. The molecule has 3 aromatic carbocycles. The van der Waals surface area contributed by atoms with Crippen LogP contribution in [0.25, 0.3) is 11.1 Å². The van der Waals surface area contributed by atoms with Crippen LogP contribution in [-0.2, 0) is 6.54 Å². The lowest BCUT2D eigenvalue weighted by molar-refractivity contribution is 0.0947. The fourth-order valence-corrected chi connectivity index (χ4v) is 3.08. The highest BCUT2D eigenvalue weighted by Gasteiger charge is 2.16. The second kappa shape index (κ2) is 8.56. The van der Waals surface area contributed by atoms with E-state index in [0.29, 0.717) is 16.9 Å². The molecule has 0 radical (unpaired) electrons. The summed E-state index contributed by atoms with van der Waals surface area (Å²) in [5.74, 6) is 0.768. The highest BCUT2D eigenvalue weighted by molar-refractivity contribution is 5.98. The van der Waals surface area contributed by atoms with Gasteiger partial charge in [0.2, 0.25) is 0 Å². The van der Waals surface area contributed by atoms with E-state index in [1.54, 1.807) is 19.2 Å². The van der Waals surface area contributed by atoms with Gasteiger partial charge in [-0.05, 0) is 60.0 Å². The number of phenols is 2. The normalized spacial score (nSPS) is 10.4. The summed E-state index contributed by atoms with van der Waals surface area (Å²) >= 11 is 0. The number of phenolic OH excluding ortho intramolecular Hbond substituents is 2. The molecule has 0 aliphatic carbocycles. The molecule has 6 heteroatoms. The fraction of sp³-hybridized carbons (Fsp3) is 0.174. The summed E-state index contributed by atoms with van der Waals surface area (Å²) in [6.07, 6.45) is 0. The molecule has 3 rings (SSSR count). The Hall–Kier alpha value is -3.67. The Morgan fingerprint density at radius 2 is 1.69 bits per heavy atom. The molecule has 0 saturated heterocycles. The third-order valence-electron chi connectivity index (χ3n) is 4.70. The van der Waals surface area contributed by atoms with Crippen LogP contribution in [-0.4, -0.2) is 30.3 Å². The van der Waals surface area contributed by atoms with E-state index in [0.717, 1.165) is 22.4 Å². The summed E-state index contributed by atoms with van der Waals surface area (Å²) in [6.45, 7) is 2.07. The van der Waals surface area contributed by atoms with Crippen molar-refractivity contribution in [3.63, 3.8) is 0 Å². The first-order valence-corrected chi connectivity index (χ1v) is 9.05. The highest BCUT2D eigenvalue weighted by atomic mass is 16.5. The van der Waals surface area contributed by atoms with Gasteiger partial charge in [-0.1, -0.05) is 12.1 Å². The highest BCUT2D eigenvalue weighted by Crippen LogP contribution is 2.32. The fourth-order valence-electron chi connectivity index (χ4n) is 3.08. The van der Waals surface area contributed by atoms with Gasteiger partial charge < -0.3 is 25.0 Å². The molecule has 29 heavy (non-hydrogen) atoms. The number of carbonyl (C=O) groups excluding carboxylic acids is 1. The van der Waals surface area contributed by atoms with E-state index in [2.05, 4.69) is 5.32 Å². The molecule has 0 fully saturated rings. The van der Waals surface area contributed by atoms with Crippen molar-refractivity contribution < 1.29 is 24.5 Å². The van der Waals surface area contributed by atoms with Crippen LogP contribution in [0.2, 0.25) is 0 Å². The predicted molar refractivity (Wildman–Crippen MR) is 111 cm³/mol. The third kappa shape index (κ3) is 4.43. The number of hydrogen-bond donors (Lipinski definition) is 3. The maximum Gasteiger partial charge on any atom is 0.255 e. The van der Waals surface area contributed by atoms with Crippen LogP contribution in [0.3, 0.4) is 0 Å². The van der Waals surface area contributed by atoms with Gasteiger partial charge in [0.15, 0.2) is 0 Å². The Labute approximate surface area is 169 Å². The number of carbonyl (C=O) groups is 1. The molecule has 0 saturated carbocycles. The molecule has 0 atom stereocenters. The van der Waals surface area contributed by atoms with Gasteiger partial charge in [-0.3, -0.25) is 4.79 Å². The molecular weight excluding hydrogens is 370 g/mol. The van der Waals surface area contributed by atoms with E-state index in [1.165, 1.54) is 19.2 Å². The van der Waals surface area contributed by atoms with Crippen molar-refractivity contribution in [1.82, 2.24) is 5.32 Å². The van der Waals surface area contributed by atoms with Gasteiger partial charge in [0.25, 0.3) is 5.91 Å². The van der Waals surface area contributed by atoms with Crippen molar-refractivity contribution >= 4 is 5.91 Å². The number of benzene rings is 3. The van der Waals surface area contributed by atoms with Crippen LogP contribution in [0.1, 0.15) is 21.5 Å². The van der Waals surface area contributed by atoms with Gasteiger partial charge in [0, 0.05) is 18.2 Å². The predicted octanol–water partition coefficient (Wildman–Crippen LogP) is 4.02. The molecule has 0 heterocycles. The number of rotatable bonds is 6. The standard InChI is InChI=1S/C23H23NO5/c1-14-10-22(29-3)20(12-19(14)15-5-8-18(28-2)9-6-15)23(27)24-13-16-4-7-17(25)11-21(16)26/h4-12,25-26H,13H2,1-3H3,(H,24,27). The van der Waals surface area contributed by atoms with Crippen LogP contribution in [0.15, 0.2) is 54.6 Å². The lowest BCUT2D eigenvalue weighted by Crippen LogP contribution is -2.23. The Morgan fingerprint density at radius 1 is 0.966 bits per heavy atom. The minimum absolute atomic E-state index is 0.0399. The van der Waals surface area contributed by atoms with Crippen molar-refractivity contribution in [2.45, 2.75) is 13.5 Å². The third-order valence-corrected chi connectivity index (χ3v) is 4.70. The van der Waals surface area contributed by atoms with Crippen molar-refractivity contribution in [1.29, 1.82) is 0 Å². The van der Waals surface area contributed by atoms with Crippen LogP contribution in [0, 0.1) is 6.92 Å². The Bertz CT molecular complexity index is 1030. The molecule has 0 aliphatic rings. The molecule has 3 N–H and O–H groups in total. The van der Waals surface area contributed by atoms with E-state index >= 15 is 0 Å². The number of aryl methyl sites for hydroxylation is 1. The summed E-state index contributed by atoms with van der Waals surface area (Å²) in [5, 5.41) is 22.1. The van der Waals surface area contributed by atoms with Crippen LogP contribution in [0.5, 0.6) is 23.0 Å². The SMILES string of the molecule is COc1ccc(-c2cc(C(=O)NCc3ccc(O)cc3O)c(OC)cc2C)cc1. The average Bonchev–Trinajstić information content (AvgIpc) is 2.72. The van der Waals surface area contributed by atoms with Gasteiger partial charge in [0.05, 0.1) is 19.8 Å². The first kappa shape index (κ1) is 20.1. The van der Waals surface area contributed by atoms with Crippen molar-refractivity contribution in [3.8, 4) is 34.1 Å². The summed E-state index contributed by atoms with van der Waals surface area (Å²) in [6, 6.07) is 15.5. The Morgan fingerprint density at radius 3 is 2.31 bits per heavy atom. The zero-order valence-electron chi connectivity index (χ0n) is 16.5. The Kier molecular flexibility index (Phi) is 5.93. The van der Waals surface area contributed by atoms with Gasteiger partial charge in [-0.25, -0.2) is 0 Å². The molecule has 0 aliphatic heterocycles. The molecule has 3 aromatic rings. The van der Waals surface area contributed by atoms with Crippen molar-refractivity contribution in [2.24, 2.45) is 0 Å². The molecule has 0 spiro atoms. The lowest BCUT2D eigenvalue weighted by Gasteiger charge is -2.15. The Balaban J connectivity index is 1.89. The van der Waals surface area contributed by atoms with Gasteiger partial charge in [-0.2, -0.15) is 0 Å². The van der Waals surface area contributed by atoms with Crippen LogP contribution >= 0.6 is 0 Å². The number of amides is 1. The van der Waals surface area contributed by atoms with Crippen molar-refractivity contribution in [2.75, 3.05) is 14.2 Å². The summed E-state index contributed by atoms with van der Waals surface area (Å²) in [5.41, 5.74) is 3.72. The molecule has 1 amide bonds. The van der Waals surface area contributed by atoms with E-state index in [1.807, 2.05) is 37.3 Å². The number of hydrogen-bond acceptors (Lipinski definition) is 5. The summed E-state index contributed by atoms with van der Waals surface area (Å²) in [7, 11) is 3.13. The topological polar surface area (TPSA) is 88.0 Å². The molecule has 0 unspecified atom stereocenters. The average molecular weight is 393 g/mol. The van der Waals surface area contributed by atoms with Gasteiger partial charge >= 0.3 is 0 Å². The second-order valence-electron chi connectivity index (χ2n) is 6.59. The molecule has 0 bridgehead atoms. The maximum atomic E-state index is 12.8. The lowest BCUT2D eigenvalue weighted by atomic mass is 9.97. The number of aromatic hydroxyl groups is 2. The molecule has 150 valence electrons. The molecule has 6 nitrogen and oxygen atoms in total. The van der Waals surface area contributed by atoms with Gasteiger partial charge in [-0.15, -0.1) is 0 Å². The minimum atomic E-state index is -0.330. The number of ether oxygens (including phenoxy) is 2. The molecular formula is C23H23NO5. The van der Waals surface area contributed by atoms with Crippen LogP contribution in [0.4, 0.5) is 0 Å². The smallest absolute Gasteiger partial charge is 0.255 e. The van der Waals surface area contributed by atoms with E-state index in [4.69, 9.17) is 9.47 Å². The summed E-state index contributed by atoms with van der Waals surface area (Å²) in [4.78, 5) is 12.8. The summed E-state index contributed by atoms with van der Waals surface area (Å²) < 4.78 is 10.6. The maximum absolute atomic E-state index is 12.8. The number of nitrogens with one attached hydrogen (secondary N) is 1. The van der Waals surface area contributed by atoms with Gasteiger partial charge in [0.1, 0.15) is 23.0 Å². The van der Waals surface area contributed by atoms with E-state index in [9.17, 15) is 15.0 Å². The van der Waals surface area contributed by atoms with E-state index < -0.39 is 0 Å². The van der Waals surface area contributed by atoms with Crippen molar-refractivity contribution in [3.05, 3.63) is 71.3 Å².